The van der Waals surface area contributed by atoms with Crippen LogP contribution in [0.25, 0.3) is 0 Å². The van der Waals surface area contributed by atoms with E-state index < -0.39 is 0 Å². The van der Waals surface area contributed by atoms with Crippen molar-refractivity contribution < 1.29 is 4.74 Å². The highest BCUT2D eigenvalue weighted by atomic mass is 16.5. The first kappa shape index (κ1) is 13.5. The first-order valence-corrected chi connectivity index (χ1v) is 6.62. The van der Waals surface area contributed by atoms with Crippen molar-refractivity contribution >= 4 is 5.69 Å². The minimum absolute atomic E-state index is 0.496. The molecule has 0 spiro atoms. The standard InChI is InChI=1S/C17H21NO/c1-11(2)14-6-5-12(3)17(10-14)19-15-7-8-16(18)13(4)9-15/h5-11H,18H2,1-4H3. The molecule has 2 nitrogen and oxygen atoms in total. The van der Waals surface area contributed by atoms with Crippen LogP contribution in [0.1, 0.15) is 36.5 Å². The lowest BCUT2D eigenvalue weighted by Gasteiger charge is -2.13. The summed E-state index contributed by atoms with van der Waals surface area (Å²) in [6, 6.07) is 12.1. The van der Waals surface area contributed by atoms with E-state index in [0.717, 1.165) is 28.3 Å². The number of nitrogen functional groups attached to an aromatic ring is 1. The molecule has 0 unspecified atom stereocenters. The van der Waals surface area contributed by atoms with E-state index in [-0.39, 0.29) is 0 Å². The van der Waals surface area contributed by atoms with Crippen molar-refractivity contribution in [3.05, 3.63) is 53.1 Å². The largest absolute Gasteiger partial charge is 0.457 e. The van der Waals surface area contributed by atoms with Gasteiger partial charge in [0.2, 0.25) is 0 Å². The van der Waals surface area contributed by atoms with Crippen LogP contribution in [0.4, 0.5) is 5.69 Å². The smallest absolute Gasteiger partial charge is 0.130 e. The lowest BCUT2D eigenvalue weighted by atomic mass is 10.0. The average Bonchev–Trinajstić information content (AvgIpc) is 2.36. The van der Waals surface area contributed by atoms with Crippen molar-refractivity contribution in [2.45, 2.75) is 33.6 Å². The van der Waals surface area contributed by atoms with Crippen LogP contribution in [0.5, 0.6) is 11.5 Å². The number of rotatable bonds is 3. The molecule has 2 heteroatoms. The first-order valence-electron chi connectivity index (χ1n) is 6.62. The second kappa shape index (κ2) is 5.35. The number of ether oxygens (including phenoxy) is 1. The summed E-state index contributed by atoms with van der Waals surface area (Å²) in [4.78, 5) is 0. The summed E-state index contributed by atoms with van der Waals surface area (Å²) >= 11 is 0. The maximum atomic E-state index is 5.98. The van der Waals surface area contributed by atoms with Gasteiger partial charge in [0, 0.05) is 5.69 Å². The zero-order valence-electron chi connectivity index (χ0n) is 12.0. The van der Waals surface area contributed by atoms with Crippen molar-refractivity contribution in [3.63, 3.8) is 0 Å². The Balaban J connectivity index is 2.31. The molecule has 0 heterocycles. The van der Waals surface area contributed by atoms with Crippen LogP contribution in [0, 0.1) is 13.8 Å². The van der Waals surface area contributed by atoms with E-state index >= 15 is 0 Å². The lowest BCUT2D eigenvalue weighted by Crippen LogP contribution is -1.94. The average molecular weight is 255 g/mol. The molecule has 100 valence electrons. The molecule has 0 bridgehead atoms. The normalized spacial score (nSPS) is 10.8. The molecule has 0 radical (unpaired) electrons. The molecule has 0 saturated carbocycles. The number of hydrogen-bond acceptors (Lipinski definition) is 2. The van der Waals surface area contributed by atoms with Gasteiger partial charge in [-0.1, -0.05) is 26.0 Å². The summed E-state index contributed by atoms with van der Waals surface area (Å²) in [5.41, 5.74) is 10.1. The molecule has 0 amide bonds. The van der Waals surface area contributed by atoms with E-state index in [4.69, 9.17) is 10.5 Å². The fourth-order valence-corrected chi connectivity index (χ4v) is 1.92. The minimum Gasteiger partial charge on any atom is -0.457 e. The van der Waals surface area contributed by atoms with E-state index in [1.807, 2.05) is 25.1 Å². The Labute approximate surface area is 115 Å². The zero-order chi connectivity index (χ0) is 14.0. The van der Waals surface area contributed by atoms with Crippen LogP contribution in [0.15, 0.2) is 36.4 Å². The molecule has 0 atom stereocenters. The quantitative estimate of drug-likeness (QED) is 0.799. The highest BCUT2D eigenvalue weighted by Crippen LogP contribution is 2.30. The Morgan fingerprint density at radius 1 is 0.947 bits per heavy atom. The van der Waals surface area contributed by atoms with Crippen LogP contribution in [-0.4, -0.2) is 0 Å². The maximum absolute atomic E-state index is 5.98. The number of nitrogens with two attached hydrogens (primary N) is 1. The van der Waals surface area contributed by atoms with Crippen LogP contribution >= 0.6 is 0 Å². The van der Waals surface area contributed by atoms with Gasteiger partial charge >= 0.3 is 0 Å². The van der Waals surface area contributed by atoms with Crippen molar-refractivity contribution in [2.75, 3.05) is 5.73 Å². The molecule has 0 aliphatic rings. The number of hydrogen-bond donors (Lipinski definition) is 1. The number of anilines is 1. The first-order chi connectivity index (χ1) is 8.97. The highest BCUT2D eigenvalue weighted by molar-refractivity contribution is 5.51. The number of aryl methyl sites for hydroxylation is 2. The van der Waals surface area contributed by atoms with E-state index in [1.54, 1.807) is 0 Å². The van der Waals surface area contributed by atoms with Gasteiger partial charge < -0.3 is 10.5 Å². The summed E-state index contributed by atoms with van der Waals surface area (Å²) in [5, 5.41) is 0. The predicted molar refractivity (Wildman–Crippen MR) is 80.9 cm³/mol. The monoisotopic (exact) mass is 255 g/mol. The van der Waals surface area contributed by atoms with Crippen LogP contribution < -0.4 is 10.5 Å². The fraction of sp³-hybridized carbons (Fsp3) is 0.294. The molecular weight excluding hydrogens is 234 g/mol. The Morgan fingerprint density at radius 3 is 2.32 bits per heavy atom. The van der Waals surface area contributed by atoms with Crippen molar-refractivity contribution in [3.8, 4) is 11.5 Å². The lowest BCUT2D eigenvalue weighted by molar-refractivity contribution is 0.477. The van der Waals surface area contributed by atoms with Crippen LogP contribution in [0.2, 0.25) is 0 Å². The van der Waals surface area contributed by atoms with E-state index in [0.29, 0.717) is 5.92 Å². The van der Waals surface area contributed by atoms with Gasteiger partial charge in [-0.2, -0.15) is 0 Å². The molecular formula is C17H21NO. The van der Waals surface area contributed by atoms with Gasteiger partial charge in [0.05, 0.1) is 0 Å². The molecule has 0 aliphatic heterocycles. The Morgan fingerprint density at radius 2 is 1.68 bits per heavy atom. The van der Waals surface area contributed by atoms with Gasteiger partial charge in [-0.15, -0.1) is 0 Å². The zero-order valence-corrected chi connectivity index (χ0v) is 12.0. The molecule has 0 aliphatic carbocycles. The topological polar surface area (TPSA) is 35.2 Å². The van der Waals surface area contributed by atoms with Gasteiger partial charge in [-0.3, -0.25) is 0 Å². The summed E-state index contributed by atoms with van der Waals surface area (Å²) in [5.74, 6) is 2.24. The van der Waals surface area contributed by atoms with Crippen molar-refractivity contribution in [2.24, 2.45) is 0 Å². The van der Waals surface area contributed by atoms with Crippen LogP contribution in [-0.2, 0) is 0 Å². The molecule has 2 aromatic rings. The predicted octanol–water partition coefficient (Wildman–Crippen LogP) is 4.80. The third kappa shape index (κ3) is 3.08. The molecule has 2 rings (SSSR count). The summed E-state index contributed by atoms with van der Waals surface area (Å²) < 4.78 is 5.98. The summed E-state index contributed by atoms with van der Waals surface area (Å²) in [7, 11) is 0. The second-order valence-electron chi connectivity index (χ2n) is 5.30. The highest BCUT2D eigenvalue weighted by Gasteiger charge is 2.06. The number of benzene rings is 2. The van der Waals surface area contributed by atoms with Crippen molar-refractivity contribution in [1.82, 2.24) is 0 Å². The van der Waals surface area contributed by atoms with Crippen molar-refractivity contribution in [1.29, 1.82) is 0 Å². The summed E-state index contributed by atoms with van der Waals surface area (Å²) in [6.45, 7) is 8.41. The van der Waals surface area contributed by atoms with Gasteiger partial charge in [-0.25, -0.2) is 0 Å². The molecule has 2 aromatic carbocycles. The van der Waals surface area contributed by atoms with E-state index in [2.05, 4.69) is 39.0 Å². The molecule has 0 saturated heterocycles. The fourth-order valence-electron chi connectivity index (χ4n) is 1.92. The van der Waals surface area contributed by atoms with Gasteiger partial charge in [0.15, 0.2) is 0 Å². The molecule has 0 fully saturated rings. The Bertz CT molecular complexity index is 588. The van der Waals surface area contributed by atoms with E-state index in [1.165, 1.54) is 5.56 Å². The van der Waals surface area contributed by atoms with Gasteiger partial charge in [0.25, 0.3) is 0 Å². The molecule has 19 heavy (non-hydrogen) atoms. The second-order valence-corrected chi connectivity index (χ2v) is 5.30. The molecule has 0 aromatic heterocycles. The Kier molecular flexibility index (Phi) is 3.79. The Hall–Kier alpha value is -1.96. The molecule has 2 N–H and O–H groups in total. The van der Waals surface area contributed by atoms with Gasteiger partial charge in [-0.05, 0) is 60.7 Å². The summed E-state index contributed by atoms with van der Waals surface area (Å²) in [6.07, 6.45) is 0. The minimum atomic E-state index is 0.496. The van der Waals surface area contributed by atoms with Crippen LogP contribution in [0.3, 0.4) is 0 Å². The van der Waals surface area contributed by atoms with E-state index in [9.17, 15) is 0 Å². The van der Waals surface area contributed by atoms with Gasteiger partial charge in [0.1, 0.15) is 11.5 Å². The maximum Gasteiger partial charge on any atom is 0.130 e. The third-order valence-electron chi connectivity index (χ3n) is 3.35. The third-order valence-corrected chi connectivity index (χ3v) is 3.35. The SMILES string of the molecule is Cc1cc(Oc2cc(C(C)C)ccc2C)ccc1N.